The highest BCUT2D eigenvalue weighted by Crippen LogP contribution is 2.44. The molecule has 17 heteroatoms. The van der Waals surface area contributed by atoms with Crippen molar-refractivity contribution in [1.82, 2.24) is 40.5 Å². The van der Waals surface area contributed by atoms with Crippen molar-refractivity contribution in [1.29, 1.82) is 0 Å². The third-order valence-electron chi connectivity index (χ3n) is 17.8. The number of rotatable bonds is 32. The van der Waals surface area contributed by atoms with E-state index in [1.807, 2.05) is 44.4 Å². The standard InChI is InChI=1S/C62H94N10O7.C2H6/c1-10-62(40-78-41-62)24-22-46(53(16-13-15-26-65-66-42-73)67-60(75)58(44(3)4)72-32-33-77-38-56(72)54-17-12-14-25-63-54)23-27-68(8)48-20-21-55-50(34-48)52(36-61(6,7)39-79-43-74)59(71(55)11-2)51-35-49(37-64-57(51)45(5)76-9)70-30-28-69(29-31-70)47-18-19-47;1-2/h12,14,17,20-21,25,34-35,37,42-47,53,56,58,65H,10-11,13,15-16,18-19,22-24,26-33,36,38-41H2,1-9H3,(H,66,73)(H,67,75);1-2H3. The molecule has 17 nitrogen and oxygen atoms in total. The molecule has 3 aliphatic heterocycles. The van der Waals surface area contributed by atoms with Gasteiger partial charge in [0.2, 0.25) is 12.3 Å². The summed E-state index contributed by atoms with van der Waals surface area (Å²) in [6.45, 7) is 29.5. The van der Waals surface area contributed by atoms with Crippen LogP contribution in [-0.2, 0) is 46.3 Å². The van der Waals surface area contributed by atoms with Gasteiger partial charge in [0.05, 0.1) is 80.2 Å². The lowest BCUT2D eigenvalue weighted by atomic mass is 9.75. The van der Waals surface area contributed by atoms with Gasteiger partial charge in [0.1, 0.15) is 0 Å². The summed E-state index contributed by atoms with van der Waals surface area (Å²) in [7, 11) is 3.95. The molecule has 4 fully saturated rings. The number of anilines is 2. The lowest BCUT2D eigenvalue weighted by Gasteiger charge is -2.43. The molecule has 5 atom stereocenters. The summed E-state index contributed by atoms with van der Waals surface area (Å²) < 4.78 is 25.9. The number of nitrogens with one attached hydrogen (secondary N) is 3. The number of pyridine rings is 2. The second-order valence-corrected chi connectivity index (χ2v) is 24.2. The van der Waals surface area contributed by atoms with E-state index in [0.717, 1.165) is 143 Å². The van der Waals surface area contributed by atoms with Crippen LogP contribution >= 0.6 is 0 Å². The van der Waals surface area contributed by atoms with Gasteiger partial charge >= 0.3 is 0 Å². The zero-order chi connectivity index (χ0) is 58.1. The molecule has 3 saturated heterocycles. The minimum atomic E-state index is -0.383. The number of piperazine rings is 1. The highest BCUT2D eigenvalue weighted by molar-refractivity contribution is 5.95. The summed E-state index contributed by atoms with van der Waals surface area (Å²) in [6, 6.07) is 15.4. The molecule has 3 N–H and O–H groups in total. The van der Waals surface area contributed by atoms with Gasteiger partial charge in [-0.2, -0.15) is 0 Å². The summed E-state index contributed by atoms with van der Waals surface area (Å²) in [5.74, 6) is 0.260. The van der Waals surface area contributed by atoms with Gasteiger partial charge < -0.3 is 38.6 Å². The summed E-state index contributed by atoms with van der Waals surface area (Å²) in [5, 5.41) is 4.90. The fourth-order valence-corrected chi connectivity index (χ4v) is 12.7. The van der Waals surface area contributed by atoms with Crippen LogP contribution in [0.2, 0.25) is 0 Å². The van der Waals surface area contributed by atoms with Gasteiger partial charge in [0.25, 0.3) is 6.47 Å². The Morgan fingerprint density at radius 3 is 2.38 bits per heavy atom. The highest BCUT2D eigenvalue weighted by Gasteiger charge is 2.41. The first-order valence-corrected chi connectivity index (χ1v) is 30.7. The van der Waals surface area contributed by atoms with Crippen molar-refractivity contribution in [2.45, 2.75) is 163 Å². The Morgan fingerprint density at radius 2 is 1.74 bits per heavy atom. The summed E-state index contributed by atoms with van der Waals surface area (Å²) >= 11 is 0. The summed E-state index contributed by atoms with van der Waals surface area (Å²) in [6.07, 6.45) is 14.0. The normalized spacial score (nSPS) is 19.2. The average molecular weight is 1120 g/mol. The maximum absolute atomic E-state index is 15.2. The van der Waals surface area contributed by atoms with Crippen molar-refractivity contribution in [3.05, 3.63) is 71.8 Å². The summed E-state index contributed by atoms with van der Waals surface area (Å²) in [5.41, 5.74) is 13.9. The van der Waals surface area contributed by atoms with Gasteiger partial charge in [-0.1, -0.05) is 61.0 Å². The van der Waals surface area contributed by atoms with Crippen LogP contribution in [0.25, 0.3) is 22.2 Å². The van der Waals surface area contributed by atoms with Gasteiger partial charge in [-0.15, -0.1) is 0 Å². The Hall–Kier alpha value is -5.17. The number of hydrogen-bond acceptors (Lipinski definition) is 14. The first-order chi connectivity index (χ1) is 39.2. The molecule has 81 heavy (non-hydrogen) atoms. The minimum absolute atomic E-state index is 0.0394. The van der Waals surface area contributed by atoms with E-state index in [-0.39, 0.29) is 59.4 Å². The Kier molecular flexibility index (Phi) is 23.8. The molecule has 448 valence electrons. The molecule has 1 aromatic carbocycles. The number of hydrogen-bond donors (Lipinski definition) is 3. The molecule has 1 saturated carbocycles. The van der Waals surface area contributed by atoms with E-state index in [0.29, 0.717) is 45.6 Å². The van der Waals surface area contributed by atoms with Crippen molar-refractivity contribution in [2.24, 2.45) is 22.7 Å². The van der Waals surface area contributed by atoms with Gasteiger partial charge in [0, 0.05) is 118 Å². The number of aryl methyl sites for hydroxylation is 1. The zero-order valence-corrected chi connectivity index (χ0v) is 51.1. The van der Waals surface area contributed by atoms with Crippen molar-refractivity contribution < 1.29 is 33.3 Å². The van der Waals surface area contributed by atoms with E-state index in [4.69, 9.17) is 28.9 Å². The van der Waals surface area contributed by atoms with Crippen molar-refractivity contribution in [3.8, 4) is 11.3 Å². The smallest absolute Gasteiger partial charge is 0.293 e. The number of morpholine rings is 1. The molecule has 5 unspecified atom stereocenters. The first-order valence-electron chi connectivity index (χ1n) is 30.7. The number of ether oxygens (including phenoxy) is 4. The Balaban J connectivity index is 0.00000468. The largest absolute Gasteiger partial charge is 0.467 e. The molecule has 4 aliphatic rings. The number of fused-ring (bicyclic) bond motifs is 1. The van der Waals surface area contributed by atoms with Crippen LogP contribution in [0, 0.1) is 22.7 Å². The van der Waals surface area contributed by atoms with Crippen molar-refractivity contribution in [2.75, 3.05) is 103 Å². The fourth-order valence-electron chi connectivity index (χ4n) is 12.7. The quantitative estimate of drug-likeness (QED) is 0.0240. The van der Waals surface area contributed by atoms with E-state index in [2.05, 4.69) is 120 Å². The van der Waals surface area contributed by atoms with Gasteiger partial charge in [-0.05, 0) is 125 Å². The van der Waals surface area contributed by atoms with E-state index in [1.165, 1.54) is 23.8 Å². The zero-order valence-electron chi connectivity index (χ0n) is 51.1. The second-order valence-electron chi connectivity index (χ2n) is 24.2. The molecule has 1 aliphatic carbocycles. The Morgan fingerprint density at radius 1 is 0.963 bits per heavy atom. The van der Waals surface area contributed by atoms with Gasteiger partial charge in [0.15, 0.2) is 0 Å². The minimum Gasteiger partial charge on any atom is -0.467 e. The number of nitrogens with zero attached hydrogens (tertiary/aromatic N) is 7. The van der Waals surface area contributed by atoms with Crippen LogP contribution in [0.1, 0.15) is 149 Å². The van der Waals surface area contributed by atoms with Crippen LogP contribution in [0.3, 0.4) is 0 Å². The molecule has 2 amide bonds. The number of carbonyl (C=O) groups excluding carboxylic acids is 3. The maximum atomic E-state index is 15.2. The molecule has 3 aromatic heterocycles. The second kappa shape index (κ2) is 30.4. The highest BCUT2D eigenvalue weighted by atomic mass is 16.5. The molecule has 0 bridgehead atoms. The van der Waals surface area contributed by atoms with E-state index >= 15 is 4.79 Å². The van der Waals surface area contributed by atoms with E-state index < -0.39 is 0 Å². The topological polar surface area (TPSA) is 168 Å². The number of methoxy groups -OCH3 is 1. The molecule has 0 spiro atoms. The molecule has 6 heterocycles. The van der Waals surface area contributed by atoms with E-state index in [1.54, 1.807) is 7.11 Å². The summed E-state index contributed by atoms with van der Waals surface area (Å²) in [4.78, 5) is 57.7. The van der Waals surface area contributed by atoms with Crippen molar-refractivity contribution in [3.63, 3.8) is 0 Å². The number of aromatic nitrogens is 3. The predicted octanol–water partition coefficient (Wildman–Crippen LogP) is 9.53. The lowest BCUT2D eigenvalue weighted by Crippen LogP contribution is -2.57. The Labute approximate surface area is 484 Å². The fraction of sp³-hybridized carbons (Fsp3) is 0.672. The van der Waals surface area contributed by atoms with Gasteiger partial charge in [-0.3, -0.25) is 39.6 Å². The van der Waals surface area contributed by atoms with Gasteiger partial charge in [-0.25, -0.2) is 5.43 Å². The van der Waals surface area contributed by atoms with Crippen LogP contribution in [0.5, 0.6) is 0 Å². The molecule has 0 radical (unpaired) electrons. The lowest BCUT2D eigenvalue weighted by molar-refractivity contribution is -0.135. The van der Waals surface area contributed by atoms with Crippen LogP contribution in [0.15, 0.2) is 54.9 Å². The first kappa shape index (κ1) is 63.4. The molecular weight excluding hydrogens is 1020 g/mol. The van der Waals surface area contributed by atoms with E-state index in [9.17, 15) is 9.59 Å². The van der Waals surface area contributed by atoms with Crippen LogP contribution in [-0.4, -0.2) is 154 Å². The maximum Gasteiger partial charge on any atom is 0.293 e. The number of benzene rings is 1. The molecule has 4 aromatic rings. The Bertz CT molecular complexity index is 2570. The third-order valence-corrected chi connectivity index (χ3v) is 17.8. The molecule has 8 rings (SSSR count). The third kappa shape index (κ3) is 16.1. The average Bonchev–Trinajstić information content (AvgIpc) is 4.36. The number of amides is 2. The SMILES string of the molecule is CC.CCn1c(-c2cc(N3CCN(C4CC4)CC3)cnc2C(C)OC)c(CC(C)(C)COC=O)c2cc(N(C)CCC(CCC3(CC)COC3)C(CCCCNNC=O)NC(=O)C(C(C)C)N3CCOCC3c3ccccn3)ccc21. The number of carbonyl (C=O) groups is 3. The van der Waals surface area contributed by atoms with Crippen molar-refractivity contribution >= 4 is 41.1 Å². The predicted molar refractivity (Wildman–Crippen MR) is 324 cm³/mol. The van der Waals surface area contributed by atoms with Crippen LogP contribution < -0.4 is 26.0 Å². The monoisotopic (exact) mass is 1120 g/mol. The number of unbranched alkanes of at least 4 members (excludes halogenated alkanes) is 1. The number of hydrazine groups is 1. The van der Waals surface area contributed by atoms with Crippen LogP contribution in [0.4, 0.5) is 11.4 Å². The molecular formula is C64H100N10O7.